The molecule has 22 heavy (non-hydrogen) atoms. The van der Waals surface area contributed by atoms with Crippen molar-refractivity contribution < 1.29 is 13.6 Å². The van der Waals surface area contributed by atoms with E-state index in [2.05, 4.69) is 18.2 Å². The van der Waals surface area contributed by atoms with Gasteiger partial charge in [-0.25, -0.2) is 4.57 Å². The zero-order valence-corrected chi connectivity index (χ0v) is 14.4. The average molecular weight is 321 g/mol. The fourth-order valence-electron chi connectivity index (χ4n) is 1.72. The Morgan fingerprint density at radius 2 is 2.00 bits per heavy atom. The lowest BCUT2D eigenvalue weighted by atomic mass is 10.1. The largest absolute Gasteiger partial charge is 0.456 e. The zero-order chi connectivity index (χ0) is 16.6. The van der Waals surface area contributed by atoms with Crippen LogP contribution in [0.5, 0.6) is 0 Å². The van der Waals surface area contributed by atoms with Crippen LogP contribution in [0, 0.1) is 18.5 Å². The molecule has 0 aliphatic rings. The first-order chi connectivity index (χ1) is 10.4. The molecule has 4 nitrogen and oxygen atoms in total. The Morgan fingerprint density at radius 1 is 1.36 bits per heavy atom. The highest BCUT2D eigenvalue weighted by molar-refractivity contribution is 7.59. The molecule has 0 heterocycles. The van der Waals surface area contributed by atoms with Crippen LogP contribution in [-0.2, 0) is 13.6 Å². The monoisotopic (exact) mass is 321 g/mol. The highest BCUT2D eigenvalue weighted by Gasteiger charge is 2.25. The molecule has 2 N–H and O–H groups in total. The van der Waals surface area contributed by atoms with Gasteiger partial charge in [-0.1, -0.05) is 43.5 Å². The molecule has 1 aromatic carbocycles. The second kappa shape index (κ2) is 8.80. The van der Waals surface area contributed by atoms with Gasteiger partial charge in [-0.15, -0.1) is 0 Å². The second-order valence-corrected chi connectivity index (χ2v) is 6.63. The first-order valence-electron chi connectivity index (χ1n) is 7.38. The van der Waals surface area contributed by atoms with Crippen LogP contribution in [0.4, 0.5) is 0 Å². The van der Waals surface area contributed by atoms with Gasteiger partial charge in [0.05, 0.1) is 12.6 Å². The molecule has 0 spiro atoms. The molecule has 1 rings (SSSR count). The normalized spacial score (nSPS) is 14.4. The molecule has 0 aliphatic heterocycles. The second-order valence-electron chi connectivity index (χ2n) is 4.97. The number of rotatable bonds is 7. The van der Waals surface area contributed by atoms with Crippen LogP contribution >= 0.6 is 7.60 Å². The van der Waals surface area contributed by atoms with Crippen LogP contribution in [0.25, 0.3) is 0 Å². The highest BCUT2D eigenvalue weighted by atomic mass is 31.2. The predicted octanol–water partition coefficient (Wildman–Crippen LogP) is 4.19. The average Bonchev–Trinajstić information content (AvgIpc) is 2.47. The molecule has 0 saturated carbocycles. The van der Waals surface area contributed by atoms with E-state index in [0.29, 0.717) is 6.42 Å². The van der Waals surface area contributed by atoms with Gasteiger partial charge in [0.1, 0.15) is 5.76 Å². The third-order valence-electron chi connectivity index (χ3n) is 2.94. The number of hydrogen-bond donors (Lipinski definition) is 1. The minimum atomic E-state index is -3.57. The summed E-state index contributed by atoms with van der Waals surface area (Å²) in [5.74, 6) is 3.08. The highest BCUT2D eigenvalue weighted by Crippen LogP contribution is 2.49. The number of nitrogens with two attached hydrogens (primary N) is 1. The van der Waals surface area contributed by atoms with Crippen molar-refractivity contribution in [3.05, 3.63) is 47.7 Å². The lowest BCUT2D eigenvalue weighted by Gasteiger charge is -2.18. The van der Waals surface area contributed by atoms with Crippen LogP contribution in [-0.4, -0.2) is 12.6 Å². The maximum atomic E-state index is 12.6. The topological polar surface area (TPSA) is 61.5 Å². The van der Waals surface area contributed by atoms with Crippen molar-refractivity contribution in [3.63, 3.8) is 0 Å². The summed E-state index contributed by atoms with van der Waals surface area (Å²) in [6.45, 7) is 9.70. The van der Waals surface area contributed by atoms with Crippen LogP contribution in [0.1, 0.15) is 37.8 Å². The summed E-state index contributed by atoms with van der Waals surface area (Å²) in [6, 6.07) is 7.21. The minimum absolute atomic E-state index is 0.232. The summed E-state index contributed by atoms with van der Waals surface area (Å²) in [5.41, 5.74) is 10.4. The van der Waals surface area contributed by atoms with Crippen LogP contribution in [0.15, 0.2) is 36.6 Å². The van der Waals surface area contributed by atoms with Gasteiger partial charge in [0.25, 0.3) is 0 Å². The molecular weight excluding hydrogens is 297 g/mol. The van der Waals surface area contributed by atoms with Gasteiger partial charge in [0.15, 0.2) is 0 Å². The van der Waals surface area contributed by atoms with Gasteiger partial charge >= 0.3 is 7.60 Å². The van der Waals surface area contributed by atoms with Crippen molar-refractivity contribution in [2.75, 3.05) is 6.61 Å². The Balaban J connectivity index is 2.89. The van der Waals surface area contributed by atoms with E-state index in [4.69, 9.17) is 14.8 Å². The van der Waals surface area contributed by atoms with Gasteiger partial charge < -0.3 is 10.3 Å². The molecule has 0 saturated heterocycles. The van der Waals surface area contributed by atoms with Gasteiger partial charge in [0.2, 0.25) is 0 Å². The van der Waals surface area contributed by atoms with Crippen LogP contribution < -0.4 is 5.73 Å². The van der Waals surface area contributed by atoms with Gasteiger partial charge in [-0.05, 0) is 32.4 Å². The molecule has 0 amide bonds. The van der Waals surface area contributed by atoms with E-state index in [0.717, 1.165) is 17.5 Å². The molecule has 0 bridgehead atoms. The summed E-state index contributed by atoms with van der Waals surface area (Å²) in [5, 5.41) is 0. The maximum absolute atomic E-state index is 12.6. The van der Waals surface area contributed by atoms with Crippen LogP contribution in [0.3, 0.4) is 0 Å². The fourth-order valence-corrected chi connectivity index (χ4v) is 2.93. The zero-order valence-electron chi connectivity index (χ0n) is 13.5. The molecule has 1 aromatic rings. The molecule has 0 radical (unpaired) electrons. The van der Waals surface area contributed by atoms with Crippen molar-refractivity contribution in [2.45, 2.75) is 39.7 Å². The molecule has 0 aromatic heterocycles. The van der Waals surface area contributed by atoms with Crippen LogP contribution in [0.2, 0.25) is 0 Å². The molecule has 2 atom stereocenters. The molecule has 0 aliphatic carbocycles. The summed E-state index contributed by atoms with van der Waals surface area (Å²) in [7, 11) is -3.57. The summed E-state index contributed by atoms with van der Waals surface area (Å²) >= 11 is 0. The van der Waals surface area contributed by atoms with E-state index < -0.39 is 7.60 Å². The van der Waals surface area contributed by atoms with Crippen molar-refractivity contribution in [1.29, 1.82) is 0 Å². The standard InChI is InChI=1S/C17H24NO3P/c1-5-7-17(18)15(4)21-22(19,20-6-2)13-12-16-10-8-14(3)9-11-16/h8-11,17H,4-7,18H2,1-3H3. The molecule has 2 unspecified atom stereocenters. The Hall–Kier alpha value is -1.53. The third kappa shape index (κ3) is 6.07. The van der Waals surface area contributed by atoms with Crippen molar-refractivity contribution >= 4 is 7.60 Å². The van der Waals surface area contributed by atoms with Crippen molar-refractivity contribution in [3.8, 4) is 11.6 Å². The summed E-state index contributed by atoms with van der Waals surface area (Å²) in [4.78, 5) is 0. The smallest absolute Gasteiger partial charge is 0.419 e. The number of benzene rings is 1. The first kappa shape index (κ1) is 18.5. The van der Waals surface area contributed by atoms with Gasteiger partial charge in [-0.2, -0.15) is 0 Å². The van der Waals surface area contributed by atoms with E-state index >= 15 is 0 Å². The maximum Gasteiger partial charge on any atom is 0.456 e. The number of hydrogen-bond acceptors (Lipinski definition) is 4. The Labute approximate surface area is 133 Å². The Morgan fingerprint density at radius 3 is 2.55 bits per heavy atom. The third-order valence-corrected chi connectivity index (χ3v) is 4.40. The fraction of sp³-hybridized carbons (Fsp3) is 0.412. The van der Waals surface area contributed by atoms with E-state index in [1.54, 1.807) is 6.92 Å². The molecule has 5 heteroatoms. The van der Waals surface area contributed by atoms with Crippen molar-refractivity contribution in [1.82, 2.24) is 0 Å². The van der Waals surface area contributed by atoms with Gasteiger partial charge in [0, 0.05) is 11.2 Å². The van der Waals surface area contributed by atoms with Crippen molar-refractivity contribution in [2.24, 2.45) is 5.73 Å². The summed E-state index contributed by atoms with van der Waals surface area (Å²) in [6.07, 6.45) is 1.59. The van der Waals surface area contributed by atoms with E-state index in [-0.39, 0.29) is 18.4 Å². The van der Waals surface area contributed by atoms with E-state index in [1.165, 1.54) is 0 Å². The number of aryl methyl sites for hydroxylation is 1. The Bertz CT molecular complexity index is 599. The lowest BCUT2D eigenvalue weighted by Crippen LogP contribution is -2.22. The van der Waals surface area contributed by atoms with E-state index in [9.17, 15) is 4.57 Å². The lowest BCUT2D eigenvalue weighted by molar-refractivity contribution is 0.251. The quantitative estimate of drug-likeness (QED) is 0.465. The Kier molecular flexibility index (Phi) is 7.41. The predicted molar refractivity (Wildman–Crippen MR) is 90.4 cm³/mol. The minimum Gasteiger partial charge on any atom is -0.419 e. The molecule has 120 valence electrons. The summed E-state index contributed by atoms with van der Waals surface area (Å²) < 4.78 is 23.2. The first-order valence-corrected chi connectivity index (χ1v) is 8.93. The van der Waals surface area contributed by atoms with Gasteiger partial charge in [-0.3, -0.25) is 4.52 Å². The van der Waals surface area contributed by atoms with E-state index in [1.807, 2.05) is 38.1 Å². The molecular formula is C17H24NO3P. The SMILES string of the molecule is C=C(OP(=O)(C#Cc1ccc(C)cc1)OCC)C(N)CCC. The molecule has 0 fully saturated rings.